The zero-order valence-corrected chi connectivity index (χ0v) is 20.1. The van der Waals surface area contributed by atoms with Gasteiger partial charge >= 0.3 is 0 Å². The second-order valence-electron chi connectivity index (χ2n) is 9.25. The summed E-state index contributed by atoms with van der Waals surface area (Å²) in [6.45, 7) is 9.81. The van der Waals surface area contributed by atoms with Crippen LogP contribution in [0, 0.1) is 31.0 Å². The lowest BCUT2D eigenvalue weighted by Gasteiger charge is -2.17. The highest BCUT2D eigenvalue weighted by molar-refractivity contribution is 7.14. The molecule has 4 rings (SSSR count). The third-order valence-corrected chi connectivity index (χ3v) is 6.48. The Balaban J connectivity index is 1.73. The fourth-order valence-corrected chi connectivity index (χ4v) is 4.98. The molecular weight excluding hydrogens is 435 g/mol. The zero-order chi connectivity index (χ0) is 23.9. The number of amides is 1. The van der Waals surface area contributed by atoms with E-state index in [0.29, 0.717) is 33.2 Å². The molecule has 1 N–H and O–H groups in total. The summed E-state index contributed by atoms with van der Waals surface area (Å²) in [6, 6.07) is 11.0. The minimum absolute atomic E-state index is 0.0595. The van der Waals surface area contributed by atoms with Gasteiger partial charge in [-0.2, -0.15) is 5.26 Å². The molecule has 0 aliphatic carbocycles. The van der Waals surface area contributed by atoms with Crippen LogP contribution in [-0.4, -0.2) is 15.3 Å². The van der Waals surface area contributed by atoms with E-state index in [-0.39, 0.29) is 23.6 Å². The lowest BCUT2D eigenvalue weighted by Crippen LogP contribution is -2.17. The fraction of sp³-hybridized carbons (Fsp3) is 0.269. The third-order valence-electron chi connectivity index (χ3n) is 5.59. The molecule has 5 nitrogen and oxygen atoms in total. The summed E-state index contributed by atoms with van der Waals surface area (Å²) in [6.07, 6.45) is 2.00. The average molecular weight is 461 g/mol. The third kappa shape index (κ3) is 4.39. The first-order valence-electron chi connectivity index (χ1n) is 10.6. The molecule has 3 aromatic heterocycles. The van der Waals surface area contributed by atoms with Gasteiger partial charge in [0, 0.05) is 11.8 Å². The summed E-state index contributed by atoms with van der Waals surface area (Å²) in [7, 11) is 0. The van der Waals surface area contributed by atoms with Crippen LogP contribution >= 0.6 is 11.3 Å². The van der Waals surface area contributed by atoms with Crippen molar-refractivity contribution in [2.24, 2.45) is 0 Å². The van der Waals surface area contributed by atoms with E-state index in [1.54, 1.807) is 19.1 Å². The Morgan fingerprint density at radius 2 is 2.00 bits per heavy atom. The number of pyridine rings is 1. The maximum absolute atomic E-state index is 13.9. The quantitative estimate of drug-likeness (QED) is 0.396. The molecule has 0 radical (unpaired) electrons. The first-order chi connectivity index (χ1) is 15.6. The molecule has 3 heterocycles. The highest BCUT2D eigenvalue weighted by Crippen LogP contribution is 2.36. The van der Waals surface area contributed by atoms with E-state index in [1.807, 2.05) is 55.8 Å². The van der Waals surface area contributed by atoms with Crippen LogP contribution in [0.4, 0.5) is 9.39 Å². The number of rotatable bonds is 4. The number of aryl methyl sites for hydroxylation is 2. The standard InChI is InChI=1S/C26H25FN4OS/c1-15-6-9-22-29-24(17-7-8-20(27)16(2)10-17)21(31(22)13-15)11-23(32)30-25-18(12-28)19(14-33-25)26(3,4)5/h6-10,13-14H,11H2,1-5H3,(H,30,32). The normalized spacial score (nSPS) is 11.5. The predicted molar refractivity (Wildman–Crippen MR) is 130 cm³/mol. The van der Waals surface area contributed by atoms with Gasteiger partial charge in [0.25, 0.3) is 0 Å². The number of hydrogen-bond donors (Lipinski definition) is 1. The van der Waals surface area contributed by atoms with E-state index in [2.05, 4.69) is 11.4 Å². The number of halogens is 1. The molecule has 0 atom stereocenters. The van der Waals surface area contributed by atoms with E-state index < -0.39 is 0 Å². The number of nitrogens with zero attached hydrogens (tertiary/aromatic N) is 3. The number of thiophene rings is 1. The van der Waals surface area contributed by atoms with Gasteiger partial charge < -0.3 is 9.72 Å². The Morgan fingerprint density at radius 3 is 2.67 bits per heavy atom. The summed E-state index contributed by atoms with van der Waals surface area (Å²) in [5.41, 5.74) is 5.58. The van der Waals surface area contributed by atoms with Gasteiger partial charge in [0.15, 0.2) is 0 Å². The van der Waals surface area contributed by atoms with Crippen molar-refractivity contribution in [3.05, 3.63) is 75.7 Å². The second kappa shape index (κ2) is 8.45. The molecule has 0 saturated carbocycles. The minimum atomic E-state index is -0.283. The number of nitriles is 1. The lowest BCUT2D eigenvalue weighted by atomic mass is 9.86. The number of fused-ring (bicyclic) bond motifs is 1. The van der Waals surface area contributed by atoms with Gasteiger partial charge in [-0.05, 0) is 65.6 Å². The molecule has 1 aromatic carbocycles. The molecule has 4 aromatic rings. The topological polar surface area (TPSA) is 70.2 Å². The van der Waals surface area contributed by atoms with Gasteiger partial charge in [0.1, 0.15) is 22.5 Å². The number of hydrogen-bond acceptors (Lipinski definition) is 4. The molecule has 7 heteroatoms. The Labute approximate surface area is 196 Å². The van der Waals surface area contributed by atoms with Gasteiger partial charge in [0.05, 0.1) is 23.4 Å². The van der Waals surface area contributed by atoms with Crippen LogP contribution in [0.25, 0.3) is 16.9 Å². The van der Waals surface area contributed by atoms with Crippen molar-refractivity contribution in [1.82, 2.24) is 9.38 Å². The van der Waals surface area contributed by atoms with Crippen LogP contribution in [0.2, 0.25) is 0 Å². The number of anilines is 1. The molecule has 0 aliphatic rings. The molecule has 0 fully saturated rings. The van der Waals surface area contributed by atoms with Crippen molar-refractivity contribution < 1.29 is 9.18 Å². The predicted octanol–water partition coefficient (Wildman–Crippen LogP) is 6.17. The number of carbonyl (C=O) groups is 1. The van der Waals surface area contributed by atoms with Crippen LogP contribution in [0.15, 0.2) is 41.9 Å². The number of imidazole rings is 1. The zero-order valence-electron chi connectivity index (χ0n) is 19.3. The summed E-state index contributed by atoms with van der Waals surface area (Å²) < 4.78 is 15.8. The first kappa shape index (κ1) is 22.7. The van der Waals surface area contributed by atoms with Crippen LogP contribution < -0.4 is 5.32 Å². The Morgan fingerprint density at radius 1 is 1.24 bits per heavy atom. The molecule has 33 heavy (non-hydrogen) atoms. The Hall–Kier alpha value is -3.50. The molecule has 0 saturated heterocycles. The lowest BCUT2D eigenvalue weighted by molar-refractivity contribution is -0.115. The Bertz CT molecular complexity index is 1420. The highest BCUT2D eigenvalue weighted by Gasteiger charge is 2.24. The summed E-state index contributed by atoms with van der Waals surface area (Å²) in [4.78, 5) is 17.9. The maximum atomic E-state index is 13.9. The molecule has 1 amide bonds. The summed E-state index contributed by atoms with van der Waals surface area (Å²) in [5.74, 6) is -0.522. The van der Waals surface area contributed by atoms with E-state index in [0.717, 1.165) is 16.7 Å². The van der Waals surface area contributed by atoms with Crippen molar-refractivity contribution in [2.75, 3.05) is 5.32 Å². The van der Waals surface area contributed by atoms with Gasteiger partial charge in [-0.3, -0.25) is 4.79 Å². The monoisotopic (exact) mass is 460 g/mol. The van der Waals surface area contributed by atoms with Crippen molar-refractivity contribution in [1.29, 1.82) is 5.26 Å². The summed E-state index contributed by atoms with van der Waals surface area (Å²) >= 11 is 1.36. The van der Waals surface area contributed by atoms with Gasteiger partial charge in [-0.25, -0.2) is 9.37 Å². The number of nitrogens with one attached hydrogen (secondary N) is 1. The second-order valence-corrected chi connectivity index (χ2v) is 10.1. The van der Waals surface area contributed by atoms with Crippen molar-refractivity contribution in [3.63, 3.8) is 0 Å². The fourth-order valence-electron chi connectivity index (χ4n) is 3.83. The Kier molecular flexibility index (Phi) is 5.81. The number of benzene rings is 1. The minimum Gasteiger partial charge on any atom is -0.316 e. The number of carbonyl (C=O) groups excluding carboxylic acids is 1. The smallest absolute Gasteiger partial charge is 0.231 e. The average Bonchev–Trinajstić information content (AvgIpc) is 3.31. The SMILES string of the molecule is Cc1ccc2nc(-c3ccc(F)c(C)c3)c(CC(=O)Nc3scc(C(C)(C)C)c3C#N)n2c1. The molecule has 0 spiro atoms. The molecule has 0 aliphatic heterocycles. The molecule has 168 valence electrons. The van der Waals surface area contributed by atoms with Crippen LogP contribution in [0.1, 0.15) is 48.7 Å². The van der Waals surface area contributed by atoms with Gasteiger partial charge in [-0.1, -0.05) is 26.8 Å². The number of aromatic nitrogens is 2. The van der Waals surface area contributed by atoms with E-state index in [1.165, 1.54) is 17.4 Å². The van der Waals surface area contributed by atoms with E-state index >= 15 is 0 Å². The molecular formula is C26H25FN4OS. The largest absolute Gasteiger partial charge is 0.316 e. The van der Waals surface area contributed by atoms with Crippen LogP contribution in [0.5, 0.6) is 0 Å². The van der Waals surface area contributed by atoms with Crippen molar-refractivity contribution in [3.8, 4) is 17.3 Å². The molecule has 0 bridgehead atoms. The first-order valence-corrected chi connectivity index (χ1v) is 11.5. The van der Waals surface area contributed by atoms with Gasteiger partial charge in [-0.15, -0.1) is 11.3 Å². The van der Waals surface area contributed by atoms with Crippen LogP contribution in [0.3, 0.4) is 0 Å². The molecule has 0 unspecified atom stereocenters. The van der Waals surface area contributed by atoms with Crippen LogP contribution in [-0.2, 0) is 16.6 Å². The summed E-state index contributed by atoms with van der Waals surface area (Å²) in [5, 5.41) is 15.1. The van der Waals surface area contributed by atoms with Crippen molar-refractivity contribution >= 4 is 27.9 Å². The highest BCUT2D eigenvalue weighted by atomic mass is 32.1. The van der Waals surface area contributed by atoms with E-state index in [4.69, 9.17) is 4.98 Å². The maximum Gasteiger partial charge on any atom is 0.231 e. The van der Waals surface area contributed by atoms with Gasteiger partial charge in [0.2, 0.25) is 5.91 Å². The van der Waals surface area contributed by atoms with Crippen molar-refractivity contribution in [2.45, 2.75) is 46.5 Å². The van der Waals surface area contributed by atoms with E-state index in [9.17, 15) is 14.4 Å².